The van der Waals surface area contributed by atoms with Crippen molar-refractivity contribution in [2.45, 2.75) is 45.1 Å². The van der Waals surface area contributed by atoms with Crippen LogP contribution in [0.1, 0.15) is 36.2 Å². The zero-order chi connectivity index (χ0) is 14.9. The van der Waals surface area contributed by atoms with Gasteiger partial charge in [0.15, 0.2) is 0 Å². The standard InChI is InChI=1S/C17H26N4O/c1-13-15-4-9-20(14-6-11-22-12-14)10-5-16(15)19-17(18-13)21-7-2-3-8-21/h14H,2-12H2,1H3/t14-/m0/s1. The second-order valence-electron chi connectivity index (χ2n) is 6.78. The summed E-state index contributed by atoms with van der Waals surface area (Å²) in [6.45, 7) is 8.44. The van der Waals surface area contributed by atoms with Crippen molar-refractivity contribution in [1.82, 2.24) is 14.9 Å². The summed E-state index contributed by atoms with van der Waals surface area (Å²) in [5.41, 5.74) is 3.87. The Morgan fingerprint density at radius 2 is 1.86 bits per heavy atom. The molecule has 0 saturated carbocycles. The Balaban J connectivity index is 1.55. The van der Waals surface area contributed by atoms with Crippen molar-refractivity contribution in [2.75, 3.05) is 44.3 Å². The van der Waals surface area contributed by atoms with Gasteiger partial charge in [-0.25, -0.2) is 9.97 Å². The van der Waals surface area contributed by atoms with Crippen LogP contribution in [0.4, 0.5) is 5.95 Å². The van der Waals surface area contributed by atoms with E-state index in [1.165, 1.54) is 36.2 Å². The first-order valence-corrected chi connectivity index (χ1v) is 8.74. The highest BCUT2D eigenvalue weighted by atomic mass is 16.5. The fourth-order valence-electron chi connectivity index (χ4n) is 4.02. The van der Waals surface area contributed by atoms with Crippen LogP contribution in [0.15, 0.2) is 0 Å². The van der Waals surface area contributed by atoms with E-state index in [2.05, 4.69) is 16.7 Å². The van der Waals surface area contributed by atoms with E-state index in [0.717, 1.165) is 58.2 Å². The third-order valence-corrected chi connectivity index (χ3v) is 5.38. The number of nitrogens with zero attached hydrogens (tertiary/aromatic N) is 4. The molecular weight excluding hydrogens is 276 g/mol. The Hall–Kier alpha value is -1.20. The highest BCUT2D eigenvalue weighted by Gasteiger charge is 2.27. The molecule has 1 aromatic heterocycles. The lowest BCUT2D eigenvalue weighted by atomic mass is 10.1. The van der Waals surface area contributed by atoms with Crippen molar-refractivity contribution in [3.63, 3.8) is 0 Å². The van der Waals surface area contributed by atoms with Gasteiger partial charge < -0.3 is 9.64 Å². The van der Waals surface area contributed by atoms with Crippen LogP contribution in [0.3, 0.4) is 0 Å². The number of hydrogen-bond acceptors (Lipinski definition) is 5. The molecule has 120 valence electrons. The summed E-state index contributed by atoms with van der Waals surface area (Å²) < 4.78 is 5.56. The molecule has 1 aromatic rings. The molecule has 5 nitrogen and oxygen atoms in total. The van der Waals surface area contributed by atoms with Crippen LogP contribution in [0.5, 0.6) is 0 Å². The quantitative estimate of drug-likeness (QED) is 0.829. The van der Waals surface area contributed by atoms with Gasteiger partial charge in [0.2, 0.25) is 5.95 Å². The van der Waals surface area contributed by atoms with Crippen LogP contribution in [-0.2, 0) is 17.6 Å². The summed E-state index contributed by atoms with van der Waals surface area (Å²) in [7, 11) is 0. The molecule has 1 atom stereocenters. The van der Waals surface area contributed by atoms with Crippen LogP contribution in [-0.4, -0.2) is 60.3 Å². The largest absolute Gasteiger partial charge is 0.380 e. The number of rotatable bonds is 2. The van der Waals surface area contributed by atoms with Gasteiger partial charge in [-0.05, 0) is 38.2 Å². The maximum absolute atomic E-state index is 5.56. The summed E-state index contributed by atoms with van der Waals surface area (Å²) in [4.78, 5) is 14.7. The van der Waals surface area contributed by atoms with Gasteiger partial charge in [0.25, 0.3) is 0 Å². The lowest BCUT2D eigenvalue weighted by Gasteiger charge is -2.25. The summed E-state index contributed by atoms with van der Waals surface area (Å²) in [6.07, 6.45) is 5.86. The molecule has 5 heteroatoms. The van der Waals surface area contributed by atoms with Crippen molar-refractivity contribution in [2.24, 2.45) is 0 Å². The second-order valence-corrected chi connectivity index (χ2v) is 6.78. The van der Waals surface area contributed by atoms with Crippen molar-refractivity contribution < 1.29 is 4.74 Å². The average molecular weight is 302 g/mol. The van der Waals surface area contributed by atoms with Gasteiger partial charge in [-0.1, -0.05) is 0 Å². The predicted molar refractivity (Wildman–Crippen MR) is 86.4 cm³/mol. The molecule has 0 amide bonds. The van der Waals surface area contributed by atoms with Crippen molar-refractivity contribution in [3.8, 4) is 0 Å². The van der Waals surface area contributed by atoms with E-state index in [-0.39, 0.29) is 0 Å². The molecule has 0 radical (unpaired) electrons. The van der Waals surface area contributed by atoms with E-state index in [1.807, 2.05) is 0 Å². The van der Waals surface area contributed by atoms with Crippen LogP contribution in [0.25, 0.3) is 0 Å². The van der Waals surface area contributed by atoms with E-state index in [1.54, 1.807) is 0 Å². The molecule has 2 saturated heterocycles. The maximum Gasteiger partial charge on any atom is 0.225 e. The molecule has 0 aliphatic carbocycles. The number of aryl methyl sites for hydroxylation is 1. The zero-order valence-electron chi connectivity index (χ0n) is 13.6. The second kappa shape index (κ2) is 6.13. The number of fused-ring (bicyclic) bond motifs is 1. The molecule has 2 fully saturated rings. The molecule has 22 heavy (non-hydrogen) atoms. The van der Waals surface area contributed by atoms with E-state index in [4.69, 9.17) is 14.7 Å². The third kappa shape index (κ3) is 2.72. The number of ether oxygens (including phenoxy) is 1. The Morgan fingerprint density at radius 3 is 2.64 bits per heavy atom. The first-order valence-electron chi connectivity index (χ1n) is 8.74. The van der Waals surface area contributed by atoms with Crippen molar-refractivity contribution in [3.05, 3.63) is 17.0 Å². The fraction of sp³-hybridized carbons (Fsp3) is 0.765. The van der Waals surface area contributed by atoms with Crippen LogP contribution < -0.4 is 4.90 Å². The van der Waals surface area contributed by atoms with Gasteiger partial charge in [-0.3, -0.25) is 4.90 Å². The molecule has 0 aromatic carbocycles. The minimum absolute atomic E-state index is 0.612. The Kier molecular flexibility index (Phi) is 4.01. The number of hydrogen-bond donors (Lipinski definition) is 0. The third-order valence-electron chi connectivity index (χ3n) is 5.38. The highest BCUT2D eigenvalue weighted by Crippen LogP contribution is 2.24. The number of anilines is 1. The highest BCUT2D eigenvalue weighted by molar-refractivity contribution is 5.38. The van der Waals surface area contributed by atoms with Crippen molar-refractivity contribution in [1.29, 1.82) is 0 Å². The summed E-state index contributed by atoms with van der Waals surface area (Å²) in [6, 6.07) is 0.612. The average Bonchev–Trinajstić information content (AvgIpc) is 3.19. The first kappa shape index (κ1) is 14.4. The topological polar surface area (TPSA) is 41.5 Å². The van der Waals surface area contributed by atoms with Gasteiger partial charge in [0, 0.05) is 50.9 Å². The van der Waals surface area contributed by atoms with Crippen LogP contribution >= 0.6 is 0 Å². The molecule has 0 N–H and O–H groups in total. The van der Waals surface area contributed by atoms with E-state index < -0.39 is 0 Å². The van der Waals surface area contributed by atoms with Gasteiger partial charge in [-0.2, -0.15) is 0 Å². The molecule has 0 spiro atoms. The summed E-state index contributed by atoms with van der Waals surface area (Å²) >= 11 is 0. The maximum atomic E-state index is 5.56. The lowest BCUT2D eigenvalue weighted by molar-refractivity contribution is 0.147. The minimum atomic E-state index is 0.612. The molecule has 4 heterocycles. The normalized spacial score (nSPS) is 26.2. The van der Waals surface area contributed by atoms with Gasteiger partial charge in [0.1, 0.15) is 0 Å². The molecule has 3 aliphatic heterocycles. The van der Waals surface area contributed by atoms with Crippen LogP contribution in [0.2, 0.25) is 0 Å². The summed E-state index contributed by atoms with van der Waals surface area (Å²) in [5.74, 6) is 0.964. The SMILES string of the molecule is Cc1nc(N2CCCC2)nc2c1CCN([C@H]1CCOC1)CC2. The van der Waals surface area contributed by atoms with Crippen LogP contribution in [0, 0.1) is 6.92 Å². The molecule has 4 rings (SSSR count). The number of aromatic nitrogens is 2. The fourth-order valence-corrected chi connectivity index (χ4v) is 4.02. The predicted octanol–water partition coefficient (Wildman–Crippen LogP) is 1.57. The smallest absolute Gasteiger partial charge is 0.225 e. The monoisotopic (exact) mass is 302 g/mol. The Morgan fingerprint density at radius 1 is 1.05 bits per heavy atom. The Bertz CT molecular complexity index is 536. The Labute approximate surface area is 132 Å². The zero-order valence-corrected chi connectivity index (χ0v) is 13.6. The van der Waals surface area contributed by atoms with Gasteiger partial charge in [0.05, 0.1) is 12.3 Å². The minimum Gasteiger partial charge on any atom is -0.380 e. The summed E-state index contributed by atoms with van der Waals surface area (Å²) in [5, 5.41) is 0. The van der Waals surface area contributed by atoms with E-state index >= 15 is 0 Å². The van der Waals surface area contributed by atoms with E-state index in [0.29, 0.717) is 6.04 Å². The van der Waals surface area contributed by atoms with Crippen molar-refractivity contribution >= 4 is 5.95 Å². The lowest BCUT2D eigenvalue weighted by Crippen LogP contribution is -2.37. The van der Waals surface area contributed by atoms with E-state index in [9.17, 15) is 0 Å². The first-order chi connectivity index (χ1) is 10.8. The molecule has 0 unspecified atom stereocenters. The van der Waals surface area contributed by atoms with Gasteiger partial charge >= 0.3 is 0 Å². The molecular formula is C17H26N4O. The van der Waals surface area contributed by atoms with Gasteiger partial charge in [-0.15, -0.1) is 0 Å². The molecule has 3 aliphatic rings. The molecule has 0 bridgehead atoms.